The second kappa shape index (κ2) is 9.79. The number of hydrogen-bond donors (Lipinski definition) is 1. The molecule has 0 radical (unpaired) electrons. The molecule has 1 aromatic rings. The number of hydrogen-bond acceptors (Lipinski definition) is 2. The molecule has 4 nitrogen and oxygen atoms in total. The van der Waals surface area contributed by atoms with Crippen LogP contribution in [0, 0.1) is 23.6 Å². The zero-order valence-electron chi connectivity index (χ0n) is 16.9. The molecule has 0 spiro atoms. The molecule has 2 atom stereocenters. The minimum atomic E-state index is -4.35. The van der Waals surface area contributed by atoms with Gasteiger partial charge < -0.3 is 10.2 Å². The average Bonchev–Trinajstić information content (AvgIpc) is 2.74. The van der Waals surface area contributed by atoms with Crippen LogP contribution in [0.1, 0.15) is 44.1 Å². The first-order valence-corrected chi connectivity index (χ1v) is 10.6. The molecule has 8 heteroatoms. The number of nitrogens with one attached hydrogen (secondary N) is 1. The Morgan fingerprint density at radius 1 is 1.03 bits per heavy atom. The molecule has 2 amide bonds. The van der Waals surface area contributed by atoms with Gasteiger partial charge in [-0.05, 0) is 43.7 Å². The van der Waals surface area contributed by atoms with Crippen LogP contribution < -0.4 is 5.32 Å². The van der Waals surface area contributed by atoms with Crippen LogP contribution in [0.15, 0.2) is 24.3 Å². The molecule has 1 saturated heterocycles. The Morgan fingerprint density at radius 2 is 1.70 bits per heavy atom. The molecular weight excluding hydrogens is 400 g/mol. The normalized spacial score (nSPS) is 23.3. The molecule has 0 aromatic heterocycles. The van der Waals surface area contributed by atoms with Gasteiger partial charge in [0.1, 0.15) is 5.82 Å². The topological polar surface area (TPSA) is 49.4 Å². The lowest BCUT2D eigenvalue weighted by atomic mass is 9.77. The fourth-order valence-electron chi connectivity index (χ4n) is 4.58. The molecule has 2 unspecified atom stereocenters. The number of rotatable bonds is 5. The Labute approximate surface area is 174 Å². The number of benzene rings is 1. The van der Waals surface area contributed by atoms with Crippen LogP contribution in [0.5, 0.6) is 0 Å². The summed E-state index contributed by atoms with van der Waals surface area (Å²) in [7, 11) is 0. The second-order valence-corrected chi connectivity index (χ2v) is 8.27. The van der Waals surface area contributed by atoms with Crippen molar-refractivity contribution in [2.75, 3.05) is 19.6 Å². The van der Waals surface area contributed by atoms with Crippen molar-refractivity contribution in [1.29, 1.82) is 0 Å². The number of halogens is 4. The van der Waals surface area contributed by atoms with Crippen LogP contribution in [0.2, 0.25) is 0 Å². The predicted octanol–water partition coefficient (Wildman–Crippen LogP) is 4.09. The van der Waals surface area contributed by atoms with Crippen molar-refractivity contribution >= 4 is 11.8 Å². The third-order valence-electron chi connectivity index (χ3n) is 6.33. The van der Waals surface area contributed by atoms with Gasteiger partial charge in [-0.2, -0.15) is 13.2 Å². The minimum absolute atomic E-state index is 0.0147. The Kier molecular flexibility index (Phi) is 7.36. The molecule has 1 heterocycles. The summed E-state index contributed by atoms with van der Waals surface area (Å²) in [6, 6.07) is 6.39. The highest BCUT2D eigenvalue weighted by Crippen LogP contribution is 2.42. The molecule has 0 bridgehead atoms. The lowest BCUT2D eigenvalue weighted by molar-refractivity contribution is -0.201. The SMILES string of the molecule is O=C(NCCc1ccccc1F)C1CCN(C(=O)C2CCCCC2C(F)(F)F)CC1. The summed E-state index contributed by atoms with van der Waals surface area (Å²) in [6.45, 7) is 0.908. The Bertz CT molecular complexity index is 745. The van der Waals surface area contributed by atoms with E-state index in [2.05, 4.69) is 5.32 Å². The maximum atomic E-state index is 13.6. The fraction of sp³-hybridized carbons (Fsp3) is 0.636. The van der Waals surface area contributed by atoms with E-state index < -0.39 is 23.9 Å². The lowest BCUT2D eigenvalue weighted by Crippen LogP contribution is -2.48. The van der Waals surface area contributed by atoms with E-state index in [1.54, 1.807) is 18.2 Å². The number of alkyl halides is 3. The Morgan fingerprint density at radius 3 is 2.37 bits per heavy atom. The van der Waals surface area contributed by atoms with Crippen LogP contribution in [0.25, 0.3) is 0 Å². The quantitative estimate of drug-likeness (QED) is 0.719. The number of piperidine rings is 1. The van der Waals surface area contributed by atoms with Gasteiger partial charge >= 0.3 is 6.18 Å². The van der Waals surface area contributed by atoms with Gasteiger partial charge in [0.15, 0.2) is 0 Å². The van der Waals surface area contributed by atoms with Crippen molar-refractivity contribution in [3.63, 3.8) is 0 Å². The van der Waals surface area contributed by atoms with Crippen molar-refractivity contribution in [1.82, 2.24) is 10.2 Å². The maximum Gasteiger partial charge on any atom is 0.392 e. The summed E-state index contributed by atoms with van der Waals surface area (Å²) < 4.78 is 53.5. The Balaban J connectivity index is 1.46. The zero-order valence-corrected chi connectivity index (χ0v) is 16.9. The first-order chi connectivity index (χ1) is 14.3. The zero-order chi connectivity index (χ0) is 21.7. The van der Waals surface area contributed by atoms with Crippen molar-refractivity contribution in [2.24, 2.45) is 17.8 Å². The third-order valence-corrected chi connectivity index (χ3v) is 6.33. The summed E-state index contributed by atoms with van der Waals surface area (Å²) in [5.74, 6) is -3.71. The van der Waals surface area contributed by atoms with Crippen molar-refractivity contribution in [3.8, 4) is 0 Å². The highest BCUT2D eigenvalue weighted by atomic mass is 19.4. The van der Waals surface area contributed by atoms with E-state index in [0.29, 0.717) is 57.3 Å². The van der Waals surface area contributed by atoms with Gasteiger partial charge in [0, 0.05) is 31.5 Å². The average molecular weight is 428 g/mol. The van der Waals surface area contributed by atoms with Gasteiger partial charge in [-0.15, -0.1) is 0 Å². The molecule has 166 valence electrons. The Hall–Kier alpha value is -2.12. The van der Waals surface area contributed by atoms with E-state index in [1.165, 1.54) is 11.0 Å². The minimum Gasteiger partial charge on any atom is -0.356 e. The highest BCUT2D eigenvalue weighted by molar-refractivity contribution is 5.81. The number of amides is 2. The van der Waals surface area contributed by atoms with Crippen molar-refractivity contribution in [3.05, 3.63) is 35.6 Å². The summed E-state index contributed by atoms with van der Waals surface area (Å²) >= 11 is 0. The molecule has 3 rings (SSSR count). The molecule has 1 aliphatic heterocycles. The predicted molar refractivity (Wildman–Crippen MR) is 104 cm³/mol. The van der Waals surface area contributed by atoms with Crippen LogP contribution in [-0.4, -0.2) is 42.5 Å². The fourth-order valence-corrected chi connectivity index (χ4v) is 4.58. The van der Waals surface area contributed by atoms with Crippen molar-refractivity contribution in [2.45, 2.75) is 51.1 Å². The van der Waals surface area contributed by atoms with Gasteiger partial charge in [-0.25, -0.2) is 4.39 Å². The van der Waals surface area contributed by atoms with E-state index in [9.17, 15) is 27.2 Å². The molecule has 30 heavy (non-hydrogen) atoms. The molecule has 2 aliphatic rings. The number of carbonyl (C=O) groups is 2. The summed E-state index contributed by atoms with van der Waals surface area (Å²) in [5, 5.41) is 2.80. The van der Waals surface area contributed by atoms with Gasteiger partial charge in [0.2, 0.25) is 11.8 Å². The molecule has 2 fully saturated rings. The lowest BCUT2D eigenvalue weighted by Gasteiger charge is -2.38. The largest absolute Gasteiger partial charge is 0.392 e. The first kappa shape index (κ1) is 22.6. The van der Waals surface area contributed by atoms with Crippen LogP contribution in [0.3, 0.4) is 0 Å². The van der Waals surface area contributed by atoms with E-state index in [-0.39, 0.29) is 30.5 Å². The summed E-state index contributed by atoms with van der Waals surface area (Å²) in [5.41, 5.74) is 0.532. The number of carbonyl (C=O) groups excluding carboxylic acids is 2. The summed E-state index contributed by atoms with van der Waals surface area (Å²) in [4.78, 5) is 26.6. The number of likely N-dealkylation sites (tertiary alicyclic amines) is 1. The van der Waals surface area contributed by atoms with E-state index in [1.807, 2.05) is 0 Å². The summed E-state index contributed by atoms with van der Waals surface area (Å²) in [6.07, 6.45) is -1.66. The van der Waals surface area contributed by atoms with E-state index >= 15 is 0 Å². The monoisotopic (exact) mass is 428 g/mol. The second-order valence-electron chi connectivity index (χ2n) is 8.27. The van der Waals surface area contributed by atoms with Crippen LogP contribution in [-0.2, 0) is 16.0 Å². The van der Waals surface area contributed by atoms with Gasteiger partial charge in [0.25, 0.3) is 0 Å². The molecular formula is C22H28F4N2O2. The number of nitrogens with zero attached hydrogens (tertiary/aromatic N) is 1. The smallest absolute Gasteiger partial charge is 0.356 e. The maximum absolute atomic E-state index is 13.6. The molecule has 1 aromatic carbocycles. The third kappa shape index (κ3) is 5.52. The van der Waals surface area contributed by atoms with Gasteiger partial charge in [0.05, 0.1) is 5.92 Å². The molecule has 1 saturated carbocycles. The van der Waals surface area contributed by atoms with Crippen LogP contribution >= 0.6 is 0 Å². The molecule has 1 aliphatic carbocycles. The van der Waals surface area contributed by atoms with Gasteiger partial charge in [-0.3, -0.25) is 9.59 Å². The van der Waals surface area contributed by atoms with E-state index in [4.69, 9.17) is 0 Å². The van der Waals surface area contributed by atoms with Gasteiger partial charge in [-0.1, -0.05) is 31.0 Å². The molecule has 1 N–H and O–H groups in total. The standard InChI is InChI=1S/C22H28F4N2O2/c23-19-8-4-1-5-15(19)9-12-27-20(29)16-10-13-28(14-11-16)21(30)17-6-2-3-7-18(17)22(24,25)26/h1,4-5,8,16-18H,2-3,6-7,9-14H2,(H,27,29). The van der Waals surface area contributed by atoms with E-state index in [0.717, 1.165) is 0 Å². The highest BCUT2D eigenvalue weighted by Gasteiger charge is 2.49. The van der Waals surface area contributed by atoms with Crippen molar-refractivity contribution < 1.29 is 27.2 Å². The first-order valence-electron chi connectivity index (χ1n) is 10.6. The van der Waals surface area contributed by atoms with Crippen LogP contribution in [0.4, 0.5) is 17.6 Å².